The number of rotatable bonds is 3. The van der Waals surface area contributed by atoms with Crippen molar-refractivity contribution in [3.63, 3.8) is 0 Å². The number of hydrazine groups is 1. The highest BCUT2D eigenvalue weighted by atomic mass is 35.5. The van der Waals surface area contributed by atoms with Gasteiger partial charge < -0.3 is 0 Å². The van der Waals surface area contributed by atoms with Crippen molar-refractivity contribution in [2.24, 2.45) is 0 Å². The molecule has 5 nitrogen and oxygen atoms in total. The normalized spacial score (nSPS) is 10.6. The zero-order chi connectivity index (χ0) is 19.9. The highest BCUT2D eigenvalue weighted by Gasteiger charge is 2.07. The van der Waals surface area contributed by atoms with Gasteiger partial charge in [-0.1, -0.05) is 60.1 Å². The largest absolute Gasteiger partial charge is 0.298 e. The molecule has 0 aromatic heterocycles. The van der Waals surface area contributed by atoms with Crippen molar-refractivity contribution >= 4 is 57.6 Å². The van der Waals surface area contributed by atoms with Gasteiger partial charge in [0, 0.05) is 16.7 Å². The monoisotopic (exact) mass is 409 g/mol. The van der Waals surface area contributed by atoms with Gasteiger partial charge in [-0.25, -0.2) is 0 Å². The second-order valence-corrected chi connectivity index (χ2v) is 6.65. The standard InChI is InChI=1S/C21H16ClN3O2S/c22-17-9-4-8-16(13-17)20(27)24-25-21(28)23-19(26)12-11-15-7-3-6-14-5-1-2-10-18(14)15/h1-13H,(H,24,27)(H2,23,25,26,28)/b12-11+. The Morgan fingerprint density at radius 2 is 1.68 bits per heavy atom. The van der Waals surface area contributed by atoms with Gasteiger partial charge in [0.15, 0.2) is 5.11 Å². The number of nitrogens with one attached hydrogen (secondary N) is 3. The summed E-state index contributed by atoms with van der Waals surface area (Å²) in [6.45, 7) is 0. The van der Waals surface area contributed by atoms with Gasteiger partial charge in [0.05, 0.1) is 0 Å². The van der Waals surface area contributed by atoms with Crippen LogP contribution in [-0.4, -0.2) is 16.9 Å². The molecule has 28 heavy (non-hydrogen) atoms. The van der Waals surface area contributed by atoms with E-state index in [0.29, 0.717) is 10.6 Å². The smallest absolute Gasteiger partial charge is 0.269 e. The number of halogens is 1. The minimum absolute atomic E-state index is 0.0250. The maximum Gasteiger partial charge on any atom is 0.269 e. The fraction of sp³-hybridized carbons (Fsp3) is 0. The van der Waals surface area contributed by atoms with Crippen molar-refractivity contribution in [3.05, 3.63) is 89.0 Å². The lowest BCUT2D eigenvalue weighted by molar-refractivity contribution is -0.115. The minimum Gasteiger partial charge on any atom is -0.298 e. The second-order valence-electron chi connectivity index (χ2n) is 5.81. The van der Waals surface area contributed by atoms with Crippen LogP contribution in [0.1, 0.15) is 15.9 Å². The van der Waals surface area contributed by atoms with Crippen LogP contribution in [0.3, 0.4) is 0 Å². The summed E-state index contributed by atoms with van der Waals surface area (Å²) in [7, 11) is 0. The van der Waals surface area contributed by atoms with E-state index in [-0.39, 0.29) is 5.11 Å². The molecule has 2 amide bonds. The lowest BCUT2D eigenvalue weighted by Gasteiger charge is -2.10. The Morgan fingerprint density at radius 1 is 0.929 bits per heavy atom. The quantitative estimate of drug-likeness (QED) is 0.349. The fourth-order valence-corrected chi connectivity index (χ4v) is 2.90. The van der Waals surface area contributed by atoms with Crippen LogP contribution in [0.25, 0.3) is 16.8 Å². The van der Waals surface area contributed by atoms with E-state index in [1.165, 1.54) is 12.1 Å². The third-order valence-electron chi connectivity index (χ3n) is 3.85. The lowest BCUT2D eigenvalue weighted by atomic mass is 10.0. The first-order valence-electron chi connectivity index (χ1n) is 8.35. The molecule has 0 bridgehead atoms. The van der Waals surface area contributed by atoms with Crippen molar-refractivity contribution < 1.29 is 9.59 Å². The first-order valence-corrected chi connectivity index (χ1v) is 9.14. The van der Waals surface area contributed by atoms with Gasteiger partial charge in [-0.15, -0.1) is 0 Å². The topological polar surface area (TPSA) is 70.2 Å². The Bertz CT molecular complexity index is 1080. The van der Waals surface area contributed by atoms with Crippen molar-refractivity contribution in [2.75, 3.05) is 0 Å². The van der Waals surface area contributed by atoms with Crippen LogP contribution in [0.5, 0.6) is 0 Å². The third kappa shape index (κ3) is 5.16. The first-order chi connectivity index (χ1) is 13.5. The summed E-state index contributed by atoms with van der Waals surface area (Å²) < 4.78 is 0. The molecule has 0 atom stereocenters. The van der Waals surface area contributed by atoms with Crippen molar-refractivity contribution in [3.8, 4) is 0 Å². The number of thiocarbonyl (C=S) groups is 1. The van der Waals surface area contributed by atoms with Gasteiger partial charge in [0.1, 0.15) is 0 Å². The van der Waals surface area contributed by atoms with Gasteiger partial charge in [-0.2, -0.15) is 0 Å². The molecule has 140 valence electrons. The number of amides is 2. The molecule has 0 saturated heterocycles. The van der Waals surface area contributed by atoms with Crippen molar-refractivity contribution in [1.82, 2.24) is 16.2 Å². The van der Waals surface area contributed by atoms with Gasteiger partial charge in [-0.05, 0) is 52.8 Å². The van der Waals surface area contributed by atoms with Crippen molar-refractivity contribution in [1.29, 1.82) is 0 Å². The van der Waals surface area contributed by atoms with E-state index >= 15 is 0 Å². The fourth-order valence-electron chi connectivity index (χ4n) is 2.56. The molecule has 0 spiro atoms. The van der Waals surface area contributed by atoms with Crippen LogP contribution >= 0.6 is 23.8 Å². The molecule has 0 fully saturated rings. The molecule has 0 aliphatic carbocycles. The zero-order valence-corrected chi connectivity index (χ0v) is 16.2. The summed E-state index contributed by atoms with van der Waals surface area (Å²) in [5.41, 5.74) is 6.17. The van der Waals surface area contributed by atoms with Crippen LogP contribution in [-0.2, 0) is 4.79 Å². The van der Waals surface area contributed by atoms with Gasteiger partial charge >= 0.3 is 0 Å². The maximum absolute atomic E-state index is 12.1. The Labute approximate surface area is 172 Å². The van der Waals surface area contributed by atoms with Crippen LogP contribution in [0, 0.1) is 0 Å². The van der Waals surface area contributed by atoms with Crippen LogP contribution in [0.2, 0.25) is 5.02 Å². The lowest BCUT2D eigenvalue weighted by Crippen LogP contribution is -2.48. The van der Waals surface area contributed by atoms with E-state index < -0.39 is 11.8 Å². The molecule has 7 heteroatoms. The number of fused-ring (bicyclic) bond motifs is 1. The molecule has 3 aromatic carbocycles. The van der Waals surface area contributed by atoms with Gasteiger partial charge in [0.25, 0.3) is 5.91 Å². The number of carbonyl (C=O) groups is 2. The highest BCUT2D eigenvalue weighted by Crippen LogP contribution is 2.19. The molecular formula is C21H16ClN3O2S. The molecule has 3 aromatic rings. The molecule has 0 aliphatic rings. The van der Waals surface area contributed by atoms with E-state index in [1.807, 2.05) is 42.5 Å². The van der Waals surface area contributed by atoms with Gasteiger partial charge in [0.2, 0.25) is 5.91 Å². The highest BCUT2D eigenvalue weighted by molar-refractivity contribution is 7.80. The SMILES string of the molecule is O=C(/C=C/c1cccc2ccccc12)NC(=S)NNC(=O)c1cccc(Cl)c1. The Hall–Kier alpha value is -3.22. The predicted molar refractivity (Wildman–Crippen MR) is 116 cm³/mol. The molecule has 0 aliphatic heterocycles. The molecule has 0 heterocycles. The van der Waals surface area contributed by atoms with E-state index in [1.54, 1.807) is 24.3 Å². The van der Waals surface area contributed by atoms with Crippen LogP contribution < -0.4 is 16.2 Å². The zero-order valence-electron chi connectivity index (χ0n) is 14.6. The predicted octanol–water partition coefficient (Wildman–Crippen LogP) is 3.84. The van der Waals surface area contributed by atoms with Crippen LogP contribution in [0.4, 0.5) is 0 Å². The molecule has 0 unspecified atom stereocenters. The average molecular weight is 410 g/mol. The summed E-state index contributed by atoms with van der Waals surface area (Å²) in [5, 5.41) is 5.03. The molecule has 0 radical (unpaired) electrons. The Balaban J connectivity index is 1.55. The molecule has 3 rings (SSSR count). The molecule has 3 N–H and O–H groups in total. The summed E-state index contributed by atoms with van der Waals surface area (Å²) >= 11 is 10.9. The van der Waals surface area contributed by atoms with E-state index in [4.69, 9.17) is 23.8 Å². The number of benzene rings is 3. The second kappa shape index (κ2) is 9.12. The number of hydrogen-bond acceptors (Lipinski definition) is 3. The summed E-state index contributed by atoms with van der Waals surface area (Å²) in [6, 6.07) is 20.2. The van der Waals surface area contributed by atoms with E-state index in [9.17, 15) is 9.59 Å². The Kier molecular flexibility index (Phi) is 6.37. The molecule has 0 saturated carbocycles. The third-order valence-corrected chi connectivity index (χ3v) is 4.29. The van der Waals surface area contributed by atoms with Crippen LogP contribution in [0.15, 0.2) is 72.8 Å². The number of hydrogen-bond donors (Lipinski definition) is 3. The summed E-state index contributed by atoms with van der Waals surface area (Å²) in [6.07, 6.45) is 3.10. The summed E-state index contributed by atoms with van der Waals surface area (Å²) in [4.78, 5) is 24.1. The Morgan fingerprint density at radius 3 is 2.50 bits per heavy atom. The average Bonchev–Trinajstić information content (AvgIpc) is 2.70. The van der Waals surface area contributed by atoms with Gasteiger partial charge in [-0.3, -0.25) is 25.8 Å². The van der Waals surface area contributed by atoms with E-state index in [2.05, 4.69) is 16.2 Å². The van der Waals surface area contributed by atoms with Crippen molar-refractivity contribution in [2.45, 2.75) is 0 Å². The maximum atomic E-state index is 12.1. The molecular weight excluding hydrogens is 394 g/mol. The minimum atomic E-state index is -0.426. The number of carbonyl (C=O) groups excluding carboxylic acids is 2. The van der Waals surface area contributed by atoms with E-state index in [0.717, 1.165) is 16.3 Å². The summed E-state index contributed by atoms with van der Waals surface area (Å²) in [5.74, 6) is -0.840. The first kappa shape index (κ1) is 19.5.